The Bertz CT molecular complexity index is 565. The summed E-state index contributed by atoms with van der Waals surface area (Å²) in [5.41, 5.74) is 0.967. The maximum Gasteiger partial charge on any atom is 0.242 e. The van der Waals surface area contributed by atoms with Gasteiger partial charge in [0.25, 0.3) is 0 Å². The summed E-state index contributed by atoms with van der Waals surface area (Å²) < 4.78 is 0. The minimum atomic E-state index is 0.0902. The standard InChI is InChI=1S/C16H20N2OS/c1-12-9-10-15(20-12)13(2)18(3)16(19)11-17-14-7-5-4-6-8-14/h4-10,13,17H,11H2,1-3H3. The van der Waals surface area contributed by atoms with Gasteiger partial charge >= 0.3 is 0 Å². The van der Waals surface area contributed by atoms with Crippen molar-refractivity contribution in [2.75, 3.05) is 18.9 Å². The zero-order chi connectivity index (χ0) is 14.5. The number of nitrogens with zero attached hydrogens (tertiary/aromatic N) is 1. The van der Waals surface area contributed by atoms with Crippen LogP contribution in [0.15, 0.2) is 42.5 Å². The van der Waals surface area contributed by atoms with Gasteiger partial charge in [-0.2, -0.15) is 0 Å². The minimum absolute atomic E-state index is 0.0902. The molecule has 1 N–H and O–H groups in total. The van der Waals surface area contributed by atoms with E-state index in [0.29, 0.717) is 6.54 Å². The van der Waals surface area contributed by atoms with Crippen LogP contribution in [0.25, 0.3) is 0 Å². The summed E-state index contributed by atoms with van der Waals surface area (Å²) in [4.78, 5) is 16.5. The van der Waals surface area contributed by atoms with Gasteiger partial charge in [0.05, 0.1) is 12.6 Å². The maximum absolute atomic E-state index is 12.2. The van der Waals surface area contributed by atoms with Crippen molar-refractivity contribution in [2.24, 2.45) is 0 Å². The van der Waals surface area contributed by atoms with Crippen LogP contribution < -0.4 is 5.32 Å². The number of nitrogens with one attached hydrogen (secondary N) is 1. The summed E-state index contributed by atoms with van der Waals surface area (Å²) in [7, 11) is 1.86. The molecule has 0 bridgehead atoms. The lowest BCUT2D eigenvalue weighted by Gasteiger charge is -2.24. The number of rotatable bonds is 5. The van der Waals surface area contributed by atoms with E-state index in [0.717, 1.165) is 5.69 Å². The molecule has 1 aromatic carbocycles. The minimum Gasteiger partial charge on any atom is -0.376 e. The second-order valence-electron chi connectivity index (χ2n) is 4.85. The molecular formula is C16H20N2OS. The first-order valence-corrected chi connectivity index (χ1v) is 7.50. The van der Waals surface area contributed by atoms with Gasteiger partial charge in [-0.3, -0.25) is 4.79 Å². The van der Waals surface area contributed by atoms with E-state index < -0.39 is 0 Å². The van der Waals surface area contributed by atoms with Gasteiger partial charge in [-0.15, -0.1) is 11.3 Å². The number of para-hydroxylation sites is 1. The van der Waals surface area contributed by atoms with Gasteiger partial charge in [0.2, 0.25) is 5.91 Å². The quantitative estimate of drug-likeness (QED) is 0.910. The Balaban J connectivity index is 1.91. The number of anilines is 1. The number of amides is 1. The Hall–Kier alpha value is -1.81. The number of aryl methyl sites for hydroxylation is 1. The van der Waals surface area contributed by atoms with Crippen molar-refractivity contribution in [3.05, 3.63) is 52.2 Å². The normalized spacial score (nSPS) is 11.9. The lowest BCUT2D eigenvalue weighted by molar-refractivity contribution is -0.129. The fourth-order valence-corrected chi connectivity index (χ4v) is 2.92. The first kappa shape index (κ1) is 14.6. The molecule has 0 fully saturated rings. The van der Waals surface area contributed by atoms with Crippen molar-refractivity contribution in [1.29, 1.82) is 0 Å². The number of likely N-dealkylation sites (N-methyl/N-ethyl adjacent to an activating group) is 1. The van der Waals surface area contributed by atoms with E-state index >= 15 is 0 Å². The molecule has 0 saturated carbocycles. The van der Waals surface area contributed by atoms with E-state index in [1.807, 2.05) is 37.4 Å². The summed E-state index contributed by atoms with van der Waals surface area (Å²) in [6.07, 6.45) is 0. The fraction of sp³-hybridized carbons (Fsp3) is 0.312. The van der Waals surface area contributed by atoms with Crippen LogP contribution in [-0.2, 0) is 4.79 Å². The Labute approximate surface area is 124 Å². The highest BCUT2D eigenvalue weighted by Crippen LogP contribution is 2.26. The smallest absolute Gasteiger partial charge is 0.242 e. The Morgan fingerprint density at radius 3 is 2.55 bits per heavy atom. The summed E-state index contributed by atoms with van der Waals surface area (Å²) in [5.74, 6) is 0.0902. The highest BCUT2D eigenvalue weighted by atomic mass is 32.1. The molecule has 1 aromatic heterocycles. The van der Waals surface area contributed by atoms with Gasteiger partial charge in [-0.05, 0) is 38.1 Å². The molecule has 0 saturated heterocycles. The van der Waals surface area contributed by atoms with Crippen LogP contribution in [0.4, 0.5) is 5.69 Å². The topological polar surface area (TPSA) is 32.3 Å². The van der Waals surface area contributed by atoms with Crippen LogP contribution in [0.3, 0.4) is 0 Å². The van der Waals surface area contributed by atoms with Crippen molar-refractivity contribution >= 4 is 22.9 Å². The molecule has 0 aliphatic carbocycles. The van der Waals surface area contributed by atoms with Crippen molar-refractivity contribution in [3.8, 4) is 0 Å². The van der Waals surface area contributed by atoms with Crippen LogP contribution in [0, 0.1) is 6.92 Å². The lowest BCUT2D eigenvalue weighted by Crippen LogP contribution is -2.34. The average molecular weight is 288 g/mol. The molecule has 2 rings (SSSR count). The number of carbonyl (C=O) groups is 1. The van der Waals surface area contributed by atoms with E-state index in [1.54, 1.807) is 16.2 Å². The van der Waals surface area contributed by atoms with Crippen LogP contribution in [0.5, 0.6) is 0 Å². The van der Waals surface area contributed by atoms with Crippen molar-refractivity contribution < 1.29 is 4.79 Å². The number of thiophene rings is 1. The van der Waals surface area contributed by atoms with Crippen LogP contribution in [0.1, 0.15) is 22.7 Å². The van der Waals surface area contributed by atoms with Gasteiger partial charge in [0.1, 0.15) is 0 Å². The van der Waals surface area contributed by atoms with E-state index in [4.69, 9.17) is 0 Å². The zero-order valence-corrected chi connectivity index (χ0v) is 12.9. The Morgan fingerprint density at radius 1 is 1.25 bits per heavy atom. The summed E-state index contributed by atoms with van der Waals surface area (Å²) in [6, 6.07) is 14.1. The molecule has 1 heterocycles. The molecule has 1 atom stereocenters. The summed E-state index contributed by atoms with van der Waals surface area (Å²) >= 11 is 1.74. The van der Waals surface area contributed by atoms with Gasteiger partial charge in [-0.1, -0.05) is 18.2 Å². The second kappa shape index (κ2) is 6.57. The molecule has 0 aliphatic heterocycles. The third-order valence-electron chi connectivity index (χ3n) is 3.36. The SMILES string of the molecule is Cc1ccc(C(C)N(C)C(=O)CNc2ccccc2)s1. The monoisotopic (exact) mass is 288 g/mol. The van der Waals surface area contributed by atoms with Gasteiger partial charge < -0.3 is 10.2 Å². The molecule has 1 unspecified atom stereocenters. The molecular weight excluding hydrogens is 268 g/mol. The van der Waals surface area contributed by atoms with Crippen molar-refractivity contribution in [2.45, 2.75) is 19.9 Å². The van der Waals surface area contributed by atoms with Crippen LogP contribution in [0.2, 0.25) is 0 Å². The summed E-state index contributed by atoms with van der Waals surface area (Å²) in [5, 5.41) is 3.15. The molecule has 0 aliphatic rings. The Morgan fingerprint density at radius 2 is 1.95 bits per heavy atom. The van der Waals surface area contributed by atoms with Crippen molar-refractivity contribution in [1.82, 2.24) is 4.90 Å². The second-order valence-corrected chi connectivity index (χ2v) is 6.17. The van der Waals surface area contributed by atoms with E-state index in [9.17, 15) is 4.79 Å². The number of benzene rings is 1. The predicted molar refractivity (Wildman–Crippen MR) is 85.2 cm³/mol. The molecule has 0 spiro atoms. The fourth-order valence-electron chi connectivity index (χ4n) is 1.94. The molecule has 2 aromatic rings. The van der Waals surface area contributed by atoms with E-state index in [2.05, 4.69) is 31.3 Å². The van der Waals surface area contributed by atoms with E-state index in [1.165, 1.54) is 9.75 Å². The molecule has 3 nitrogen and oxygen atoms in total. The largest absolute Gasteiger partial charge is 0.376 e. The average Bonchev–Trinajstić information content (AvgIpc) is 2.91. The van der Waals surface area contributed by atoms with Crippen LogP contribution >= 0.6 is 11.3 Å². The predicted octanol–water partition coefficient (Wildman–Crippen LogP) is 3.69. The van der Waals surface area contributed by atoms with Crippen molar-refractivity contribution in [3.63, 3.8) is 0 Å². The van der Waals surface area contributed by atoms with Gasteiger partial charge in [-0.25, -0.2) is 0 Å². The van der Waals surface area contributed by atoms with Crippen LogP contribution in [-0.4, -0.2) is 24.4 Å². The third kappa shape index (κ3) is 3.61. The maximum atomic E-state index is 12.2. The number of carbonyl (C=O) groups excluding carboxylic acids is 1. The molecule has 1 amide bonds. The molecule has 20 heavy (non-hydrogen) atoms. The zero-order valence-electron chi connectivity index (χ0n) is 12.1. The lowest BCUT2D eigenvalue weighted by atomic mass is 10.2. The third-order valence-corrected chi connectivity index (χ3v) is 4.54. The van der Waals surface area contributed by atoms with Gasteiger partial charge in [0.15, 0.2) is 0 Å². The first-order valence-electron chi connectivity index (χ1n) is 6.69. The number of hydrogen-bond acceptors (Lipinski definition) is 3. The van der Waals surface area contributed by atoms with Gasteiger partial charge in [0, 0.05) is 22.5 Å². The highest BCUT2D eigenvalue weighted by molar-refractivity contribution is 7.12. The molecule has 0 radical (unpaired) electrons. The first-order chi connectivity index (χ1) is 9.58. The molecule has 4 heteroatoms. The Kier molecular flexibility index (Phi) is 4.79. The summed E-state index contributed by atoms with van der Waals surface area (Å²) in [6.45, 7) is 4.46. The number of hydrogen-bond donors (Lipinski definition) is 1. The van der Waals surface area contributed by atoms with E-state index in [-0.39, 0.29) is 11.9 Å². The highest BCUT2D eigenvalue weighted by Gasteiger charge is 2.18. The molecule has 106 valence electrons.